The van der Waals surface area contributed by atoms with Gasteiger partial charge in [-0.05, 0) is 63.4 Å². The molecule has 1 aromatic carbocycles. The monoisotopic (exact) mass is 394 g/mol. The number of nitrogens with one attached hydrogen (secondary N) is 2. The maximum absolute atomic E-state index is 12.8. The van der Waals surface area contributed by atoms with Crippen molar-refractivity contribution >= 4 is 27.0 Å². The van der Waals surface area contributed by atoms with Crippen LogP contribution in [0.3, 0.4) is 0 Å². The Kier molecular flexibility index (Phi) is 5.60. The molecule has 8 heteroatoms. The number of carbonyl (C=O) groups is 1. The van der Waals surface area contributed by atoms with E-state index >= 15 is 0 Å². The molecule has 1 fully saturated rings. The van der Waals surface area contributed by atoms with Crippen LogP contribution in [0.25, 0.3) is 11.0 Å². The summed E-state index contributed by atoms with van der Waals surface area (Å²) in [5, 5.41) is 3.88. The number of benzene rings is 1. The molecule has 1 aliphatic rings. The molecule has 0 bridgehead atoms. The van der Waals surface area contributed by atoms with Crippen LogP contribution < -0.4 is 10.0 Å². The molecule has 2 aromatic rings. The van der Waals surface area contributed by atoms with E-state index in [-0.39, 0.29) is 22.7 Å². The first kappa shape index (κ1) is 19.9. The van der Waals surface area contributed by atoms with Gasteiger partial charge in [0.05, 0.1) is 11.5 Å². The molecule has 1 aromatic heterocycles. The first-order chi connectivity index (χ1) is 12.8. The Morgan fingerprint density at radius 3 is 2.70 bits per heavy atom. The fourth-order valence-corrected chi connectivity index (χ4v) is 4.54. The van der Waals surface area contributed by atoms with Crippen molar-refractivity contribution in [3.8, 4) is 0 Å². The Balaban J connectivity index is 1.85. The van der Waals surface area contributed by atoms with Crippen molar-refractivity contribution < 1.29 is 22.4 Å². The molecule has 0 unspecified atom stereocenters. The molecule has 0 aliphatic carbocycles. The summed E-state index contributed by atoms with van der Waals surface area (Å²) in [5.41, 5.74) is 0.982. The lowest BCUT2D eigenvalue weighted by atomic mass is 9.81. The number of hydrogen-bond acceptors (Lipinski definition) is 6. The van der Waals surface area contributed by atoms with E-state index in [2.05, 4.69) is 17.0 Å². The third-order valence-corrected chi connectivity index (χ3v) is 6.58. The van der Waals surface area contributed by atoms with Gasteiger partial charge in [-0.3, -0.25) is 0 Å². The second kappa shape index (κ2) is 7.61. The average Bonchev–Trinajstić information content (AvgIpc) is 2.98. The van der Waals surface area contributed by atoms with Crippen molar-refractivity contribution in [2.75, 3.05) is 26.2 Å². The number of carbonyl (C=O) groups excluding carboxylic acids is 1. The van der Waals surface area contributed by atoms with Gasteiger partial charge in [-0.2, -0.15) is 0 Å². The molecule has 0 atom stereocenters. The van der Waals surface area contributed by atoms with Crippen molar-refractivity contribution in [2.24, 2.45) is 5.41 Å². The van der Waals surface area contributed by atoms with Crippen molar-refractivity contribution in [3.63, 3.8) is 0 Å². The number of aryl methyl sites for hydroxylation is 1. The molecule has 7 nitrogen and oxygen atoms in total. The molecular weight excluding hydrogens is 368 g/mol. The predicted octanol–water partition coefficient (Wildman–Crippen LogP) is 2.59. The van der Waals surface area contributed by atoms with E-state index in [9.17, 15) is 13.2 Å². The fourth-order valence-electron chi connectivity index (χ4n) is 3.32. The minimum absolute atomic E-state index is 0.0505. The Morgan fingerprint density at radius 2 is 2.04 bits per heavy atom. The Morgan fingerprint density at radius 1 is 1.33 bits per heavy atom. The van der Waals surface area contributed by atoms with E-state index in [4.69, 9.17) is 9.15 Å². The average molecular weight is 394 g/mol. The first-order valence-electron chi connectivity index (χ1n) is 9.16. The van der Waals surface area contributed by atoms with E-state index in [0.717, 1.165) is 25.9 Å². The first-order valence-corrected chi connectivity index (χ1v) is 10.6. The van der Waals surface area contributed by atoms with E-state index in [0.29, 0.717) is 23.1 Å². The van der Waals surface area contributed by atoms with E-state index in [1.807, 2.05) is 0 Å². The highest BCUT2D eigenvalue weighted by Crippen LogP contribution is 2.30. The molecule has 0 amide bonds. The van der Waals surface area contributed by atoms with Gasteiger partial charge in [0.15, 0.2) is 0 Å². The minimum atomic E-state index is -3.66. The second-order valence-corrected chi connectivity index (χ2v) is 9.09. The van der Waals surface area contributed by atoms with Gasteiger partial charge in [-0.15, -0.1) is 0 Å². The van der Waals surface area contributed by atoms with Gasteiger partial charge in [0.2, 0.25) is 15.8 Å². The summed E-state index contributed by atoms with van der Waals surface area (Å²) < 4.78 is 38.8. The molecule has 148 valence electrons. The molecule has 0 radical (unpaired) electrons. The highest BCUT2D eigenvalue weighted by atomic mass is 32.2. The van der Waals surface area contributed by atoms with Crippen molar-refractivity contribution in [1.82, 2.24) is 10.0 Å². The number of furan rings is 1. The highest BCUT2D eigenvalue weighted by molar-refractivity contribution is 7.89. The maximum atomic E-state index is 12.8. The number of ether oxygens (including phenoxy) is 1. The van der Waals surface area contributed by atoms with Crippen LogP contribution in [0, 0.1) is 12.3 Å². The van der Waals surface area contributed by atoms with Crippen molar-refractivity contribution in [3.05, 3.63) is 29.5 Å². The Bertz CT molecular complexity index is 942. The number of sulfonamides is 1. The molecule has 2 N–H and O–H groups in total. The van der Waals surface area contributed by atoms with Gasteiger partial charge in [0, 0.05) is 17.5 Å². The normalized spacial score (nSPS) is 17.1. The van der Waals surface area contributed by atoms with E-state index in [1.54, 1.807) is 26.0 Å². The number of fused-ring (bicyclic) bond motifs is 1. The van der Waals surface area contributed by atoms with Crippen LogP contribution in [0.4, 0.5) is 0 Å². The quantitative estimate of drug-likeness (QED) is 0.731. The van der Waals surface area contributed by atoms with E-state index < -0.39 is 16.0 Å². The van der Waals surface area contributed by atoms with E-state index in [1.165, 1.54) is 6.07 Å². The third-order valence-electron chi connectivity index (χ3n) is 5.18. The van der Waals surface area contributed by atoms with Crippen molar-refractivity contribution in [1.29, 1.82) is 0 Å². The molecule has 27 heavy (non-hydrogen) atoms. The zero-order valence-electron chi connectivity index (χ0n) is 15.9. The highest BCUT2D eigenvalue weighted by Gasteiger charge is 2.29. The summed E-state index contributed by atoms with van der Waals surface area (Å²) in [5.74, 6) is -0.441. The van der Waals surface area contributed by atoms with Crippen LogP contribution >= 0.6 is 0 Å². The fraction of sp³-hybridized carbons (Fsp3) is 0.526. The number of rotatable bonds is 6. The summed E-state index contributed by atoms with van der Waals surface area (Å²) in [6.45, 7) is 7.98. The molecule has 1 saturated heterocycles. The second-order valence-electron chi connectivity index (χ2n) is 7.32. The Labute approximate surface area is 159 Å². The number of hydrogen-bond donors (Lipinski definition) is 2. The standard InChI is InChI=1S/C19H26N2O5S/c1-4-25-18(22)17-13(2)15-11-14(5-6-16(15)26-17)27(23,24)21-12-19(3)7-9-20-10-8-19/h5-6,11,20-21H,4,7-10,12H2,1-3H3. The van der Waals surface area contributed by atoms with Gasteiger partial charge >= 0.3 is 5.97 Å². The lowest BCUT2D eigenvalue weighted by molar-refractivity contribution is 0.0491. The summed E-state index contributed by atoms with van der Waals surface area (Å²) in [4.78, 5) is 12.1. The van der Waals surface area contributed by atoms with Crippen LogP contribution in [0.1, 0.15) is 42.8 Å². The van der Waals surface area contributed by atoms with Crippen LogP contribution in [0.2, 0.25) is 0 Å². The van der Waals surface area contributed by atoms with Crippen LogP contribution in [0.15, 0.2) is 27.5 Å². The van der Waals surface area contributed by atoms with Crippen LogP contribution in [-0.2, 0) is 14.8 Å². The Hall–Kier alpha value is -1.90. The summed E-state index contributed by atoms with van der Waals surface area (Å²) in [7, 11) is -3.66. The molecule has 3 rings (SSSR count). The molecule has 0 saturated carbocycles. The summed E-state index contributed by atoms with van der Waals surface area (Å²) >= 11 is 0. The molecular formula is C19H26N2O5S. The van der Waals surface area contributed by atoms with Gasteiger partial charge in [0.25, 0.3) is 0 Å². The largest absolute Gasteiger partial charge is 0.460 e. The third kappa shape index (κ3) is 4.17. The van der Waals surface area contributed by atoms with Crippen LogP contribution in [0.5, 0.6) is 0 Å². The maximum Gasteiger partial charge on any atom is 0.374 e. The SMILES string of the molecule is CCOC(=O)c1oc2ccc(S(=O)(=O)NCC3(C)CCNCC3)cc2c1C. The molecule has 1 aliphatic heterocycles. The van der Waals surface area contributed by atoms with Gasteiger partial charge < -0.3 is 14.5 Å². The minimum Gasteiger partial charge on any atom is -0.460 e. The summed E-state index contributed by atoms with van der Waals surface area (Å²) in [6, 6.07) is 4.61. The zero-order chi connectivity index (χ0) is 19.7. The topological polar surface area (TPSA) is 97.6 Å². The molecule has 2 heterocycles. The lowest BCUT2D eigenvalue weighted by Gasteiger charge is -2.34. The smallest absolute Gasteiger partial charge is 0.374 e. The number of piperidine rings is 1. The van der Waals surface area contributed by atoms with Gasteiger partial charge in [-0.1, -0.05) is 6.92 Å². The zero-order valence-corrected chi connectivity index (χ0v) is 16.7. The molecule has 0 spiro atoms. The van der Waals surface area contributed by atoms with Crippen molar-refractivity contribution in [2.45, 2.75) is 38.5 Å². The summed E-state index contributed by atoms with van der Waals surface area (Å²) in [6.07, 6.45) is 1.86. The predicted molar refractivity (Wildman–Crippen MR) is 102 cm³/mol. The number of esters is 1. The van der Waals surface area contributed by atoms with Gasteiger partial charge in [-0.25, -0.2) is 17.9 Å². The van der Waals surface area contributed by atoms with Gasteiger partial charge in [0.1, 0.15) is 5.58 Å². The van der Waals surface area contributed by atoms with Crippen LogP contribution in [-0.4, -0.2) is 40.6 Å². The lowest BCUT2D eigenvalue weighted by Crippen LogP contribution is -2.42.